The van der Waals surface area contributed by atoms with E-state index in [9.17, 15) is 0 Å². The van der Waals surface area contributed by atoms with Crippen LogP contribution in [-0.2, 0) is 13.6 Å². The van der Waals surface area contributed by atoms with Crippen molar-refractivity contribution in [3.8, 4) is 0 Å². The fraction of sp³-hybridized carbons (Fsp3) is 0.667. The first kappa shape index (κ1) is 11.0. The summed E-state index contributed by atoms with van der Waals surface area (Å²) in [5, 5.41) is 4.44. The lowest BCUT2D eigenvalue weighted by Crippen LogP contribution is -2.11. The maximum absolute atomic E-state index is 5.42. The number of imidazole rings is 1. The van der Waals surface area contributed by atoms with E-state index < -0.39 is 0 Å². The predicted molar refractivity (Wildman–Crippen MR) is 70.5 cm³/mol. The average Bonchev–Trinajstić information content (AvgIpc) is 3.00. The van der Waals surface area contributed by atoms with Gasteiger partial charge in [0.1, 0.15) is 5.52 Å². The van der Waals surface area contributed by atoms with Crippen molar-refractivity contribution in [2.75, 3.05) is 0 Å². The number of aromatic nitrogens is 4. The Balaban J connectivity index is 2.07. The van der Waals surface area contributed by atoms with Crippen molar-refractivity contribution < 1.29 is 0 Å². The summed E-state index contributed by atoms with van der Waals surface area (Å²) in [4.78, 5) is 3.28. The monoisotopic (exact) mass is 250 g/mol. The van der Waals surface area contributed by atoms with Gasteiger partial charge in [-0.3, -0.25) is 4.68 Å². The minimum Gasteiger partial charge on any atom is -0.328 e. The molecule has 2 heterocycles. The second kappa shape index (κ2) is 3.70. The molecule has 1 saturated carbocycles. The van der Waals surface area contributed by atoms with Gasteiger partial charge in [0.25, 0.3) is 0 Å². The van der Waals surface area contributed by atoms with E-state index in [1.807, 2.05) is 18.7 Å². The molecule has 1 aliphatic rings. The molecule has 0 amide bonds. The van der Waals surface area contributed by atoms with Crippen LogP contribution in [0.2, 0.25) is 0 Å². The number of aryl methyl sites for hydroxylation is 2. The van der Waals surface area contributed by atoms with E-state index in [4.69, 9.17) is 12.2 Å². The van der Waals surface area contributed by atoms with Gasteiger partial charge < -0.3 is 9.55 Å². The molecule has 1 fully saturated rings. The van der Waals surface area contributed by atoms with E-state index in [0.717, 1.165) is 34.1 Å². The lowest BCUT2D eigenvalue weighted by molar-refractivity contribution is 0.430. The van der Waals surface area contributed by atoms with Crippen molar-refractivity contribution in [1.29, 1.82) is 0 Å². The molecule has 2 aromatic rings. The van der Waals surface area contributed by atoms with Crippen LogP contribution in [0.3, 0.4) is 0 Å². The lowest BCUT2D eigenvalue weighted by atomic mass is 10.1. The zero-order valence-corrected chi connectivity index (χ0v) is 11.3. The van der Waals surface area contributed by atoms with Gasteiger partial charge in [-0.1, -0.05) is 6.92 Å². The van der Waals surface area contributed by atoms with Crippen LogP contribution in [0.4, 0.5) is 0 Å². The van der Waals surface area contributed by atoms with Crippen LogP contribution in [-0.4, -0.2) is 19.3 Å². The Labute approximate surface area is 106 Å². The molecule has 0 aromatic carbocycles. The van der Waals surface area contributed by atoms with Crippen LogP contribution in [0.1, 0.15) is 25.5 Å². The van der Waals surface area contributed by atoms with Gasteiger partial charge in [-0.25, -0.2) is 0 Å². The largest absolute Gasteiger partial charge is 0.328 e. The third-order valence-corrected chi connectivity index (χ3v) is 4.14. The molecule has 3 rings (SSSR count). The summed E-state index contributed by atoms with van der Waals surface area (Å²) in [5.74, 6) is 1.60. The number of fused-ring (bicyclic) bond motifs is 1. The SMILES string of the molecule is Cc1nn(C)c2c1[nH]c(=S)n2CC(C)C1CC1. The van der Waals surface area contributed by atoms with Crippen molar-refractivity contribution in [2.45, 2.75) is 33.2 Å². The van der Waals surface area contributed by atoms with Gasteiger partial charge in [0.05, 0.1) is 5.69 Å². The first-order chi connectivity index (χ1) is 8.08. The molecule has 1 aliphatic carbocycles. The number of nitrogens with zero attached hydrogens (tertiary/aromatic N) is 3. The first-order valence-electron chi connectivity index (χ1n) is 6.20. The highest BCUT2D eigenvalue weighted by molar-refractivity contribution is 7.71. The number of hydrogen-bond donors (Lipinski definition) is 1. The molecule has 0 saturated heterocycles. The zero-order valence-electron chi connectivity index (χ0n) is 10.5. The summed E-state index contributed by atoms with van der Waals surface area (Å²) in [6.07, 6.45) is 2.76. The van der Waals surface area contributed by atoms with E-state index in [0.29, 0.717) is 5.92 Å². The number of nitrogens with one attached hydrogen (secondary N) is 1. The summed E-state index contributed by atoms with van der Waals surface area (Å²) in [7, 11) is 1.98. The normalized spacial score (nSPS) is 17.8. The van der Waals surface area contributed by atoms with Crippen molar-refractivity contribution in [2.24, 2.45) is 18.9 Å². The summed E-state index contributed by atoms with van der Waals surface area (Å²) in [6.45, 7) is 5.34. The fourth-order valence-electron chi connectivity index (χ4n) is 2.64. The van der Waals surface area contributed by atoms with E-state index in [-0.39, 0.29) is 0 Å². The van der Waals surface area contributed by atoms with Crippen LogP contribution in [0, 0.1) is 23.5 Å². The van der Waals surface area contributed by atoms with Crippen LogP contribution in [0.25, 0.3) is 11.2 Å². The second-order valence-corrected chi connectivity index (χ2v) is 5.65. The van der Waals surface area contributed by atoms with Gasteiger partial charge in [-0.05, 0) is 43.8 Å². The minimum atomic E-state index is 0.705. The second-order valence-electron chi connectivity index (χ2n) is 5.26. The highest BCUT2D eigenvalue weighted by atomic mass is 32.1. The molecule has 0 aliphatic heterocycles. The van der Waals surface area contributed by atoms with E-state index in [2.05, 4.69) is 21.6 Å². The number of H-pyrrole nitrogens is 1. The minimum absolute atomic E-state index is 0.705. The highest BCUT2D eigenvalue weighted by Gasteiger charge is 2.28. The van der Waals surface area contributed by atoms with Crippen molar-refractivity contribution in [1.82, 2.24) is 19.3 Å². The molecule has 4 nitrogen and oxygen atoms in total. The van der Waals surface area contributed by atoms with E-state index in [1.165, 1.54) is 12.8 Å². The molecular weight excluding hydrogens is 232 g/mol. The topological polar surface area (TPSA) is 38.5 Å². The molecule has 0 radical (unpaired) electrons. The Bertz CT molecular complexity index is 614. The molecule has 0 bridgehead atoms. The standard InChI is InChI=1S/C12H18N4S/c1-7(9-4-5-9)6-16-11-10(13-12(16)17)8(2)14-15(11)3/h7,9H,4-6H2,1-3H3,(H,13,17). The molecular formula is C12H18N4S. The molecule has 17 heavy (non-hydrogen) atoms. The maximum atomic E-state index is 5.42. The summed E-state index contributed by atoms with van der Waals surface area (Å²) in [5.41, 5.74) is 3.23. The third kappa shape index (κ3) is 1.73. The van der Waals surface area contributed by atoms with Crippen LogP contribution in [0.5, 0.6) is 0 Å². The Morgan fingerprint density at radius 1 is 1.53 bits per heavy atom. The van der Waals surface area contributed by atoms with Gasteiger partial charge in [-0.15, -0.1) is 0 Å². The Hall–Kier alpha value is -1.10. The van der Waals surface area contributed by atoms with Crippen molar-refractivity contribution >= 4 is 23.4 Å². The Morgan fingerprint density at radius 3 is 2.88 bits per heavy atom. The summed E-state index contributed by atoms with van der Waals surface area (Å²) in [6, 6.07) is 0. The van der Waals surface area contributed by atoms with Gasteiger partial charge in [0.2, 0.25) is 0 Å². The molecule has 92 valence electrons. The maximum Gasteiger partial charge on any atom is 0.179 e. The van der Waals surface area contributed by atoms with Crippen LogP contribution < -0.4 is 0 Å². The number of rotatable bonds is 3. The molecule has 1 unspecified atom stereocenters. The molecule has 0 spiro atoms. The van der Waals surface area contributed by atoms with Gasteiger partial charge in [-0.2, -0.15) is 5.10 Å². The Kier molecular flexibility index (Phi) is 2.40. The van der Waals surface area contributed by atoms with E-state index >= 15 is 0 Å². The summed E-state index contributed by atoms with van der Waals surface area (Å²) >= 11 is 5.42. The highest BCUT2D eigenvalue weighted by Crippen LogP contribution is 2.37. The lowest BCUT2D eigenvalue weighted by Gasteiger charge is -2.11. The quantitative estimate of drug-likeness (QED) is 0.851. The first-order valence-corrected chi connectivity index (χ1v) is 6.61. The predicted octanol–water partition coefficient (Wildman–Crippen LogP) is 2.79. The molecule has 5 heteroatoms. The van der Waals surface area contributed by atoms with Gasteiger partial charge in [0.15, 0.2) is 10.4 Å². The smallest absolute Gasteiger partial charge is 0.179 e. The third-order valence-electron chi connectivity index (χ3n) is 3.82. The Morgan fingerprint density at radius 2 is 2.24 bits per heavy atom. The van der Waals surface area contributed by atoms with Gasteiger partial charge >= 0.3 is 0 Å². The molecule has 2 aromatic heterocycles. The molecule has 1 atom stereocenters. The van der Waals surface area contributed by atoms with Crippen LogP contribution in [0.15, 0.2) is 0 Å². The number of hydrogen-bond acceptors (Lipinski definition) is 2. The van der Waals surface area contributed by atoms with Gasteiger partial charge in [0, 0.05) is 13.6 Å². The zero-order chi connectivity index (χ0) is 12.2. The summed E-state index contributed by atoms with van der Waals surface area (Å²) < 4.78 is 4.95. The van der Waals surface area contributed by atoms with Crippen LogP contribution >= 0.6 is 12.2 Å². The van der Waals surface area contributed by atoms with Crippen molar-refractivity contribution in [3.05, 3.63) is 10.5 Å². The fourth-order valence-corrected chi connectivity index (χ4v) is 2.91. The number of aromatic amines is 1. The van der Waals surface area contributed by atoms with Crippen molar-refractivity contribution in [3.63, 3.8) is 0 Å². The molecule has 1 N–H and O–H groups in total. The van der Waals surface area contributed by atoms with E-state index in [1.54, 1.807) is 0 Å². The average molecular weight is 250 g/mol.